The van der Waals surface area contributed by atoms with E-state index in [1.807, 2.05) is 0 Å². The van der Waals surface area contributed by atoms with Gasteiger partial charge >= 0.3 is 0 Å². The molecular formula is C17H13Si. The van der Waals surface area contributed by atoms with Crippen LogP contribution in [-0.2, 0) is 5.41 Å². The average molecular weight is 245 g/mol. The third-order valence-electron chi connectivity index (χ3n) is 3.79. The second-order valence-corrected chi connectivity index (χ2v) is 4.98. The van der Waals surface area contributed by atoms with Gasteiger partial charge in [0.1, 0.15) is 10.2 Å². The molecule has 0 saturated heterocycles. The molecule has 1 heteroatoms. The maximum absolute atomic E-state index is 3.27. The number of hydrogen-bond acceptors (Lipinski definition) is 0. The minimum Gasteiger partial charge on any atom is -0.138 e. The van der Waals surface area contributed by atoms with Crippen LogP contribution in [0.15, 0.2) is 60.7 Å². The van der Waals surface area contributed by atoms with E-state index < -0.39 is 0 Å². The fraction of sp³-hybridized carbons (Fsp3) is 0.176. The van der Waals surface area contributed by atoms with E-state index in [1.54, 1.807) is 0 Å². The highest BCUT2D eigenvalue weighted by molar-refractivity contribution is 6.22. The first-order chi connectivity index (χ1) is 8.88. The molecule has 3 radical (unpaired) electrons. The average Bonchev–Trinajstić information content (AvgIpc) is 3.17. The summed E-state index contributed by atoms with van der Waals surface area (Å²) in [6.07, 6.45) is 1.11. The van der Waals surface area contributed by atoms with Crippen molar-refractivity contribution in [2.75, 3.05) is 0 Å². The number of hydrogen-bond donors (Lipinski definition) is 0. The monoisotopic (exact) mass is 245 g/mol. The molecule has 0 spiro atoms. The van der Waals surface area contributed by atoms with Crippen LogP contribution in [-0.4, -0.2) is 10.2 Å². The minimum atomic E-state index is 0.0994. The lowest BCUT2D eigenvalue weighted by molar-refractivity contribution is 0.801. The summed E-state index contributed by atoms with van der Waals surface area (Å²) in [6.45, 7) is 0. The first-order valence-electron chi connectivity index (χ1n) is 6.16. The van der Waals surface area contributed by atoms with Gasteiger partial charge in [0.25, 0.3) is 0 Å². The van der Waals surface area contributed by atoms with Crippen molar-refractivity contribution in [1.29, 1.82) is 0 Å². The molecule has 0 bridgehead atoms. The van der Waals surface area contributed by atoms with Crippen molar-refractivity contribution in [3.05, 3.63) is 71.8 Å². The Balaban J connectivity index is 2.10. The highest BCUT2D eigenvalue weighted by Crippen LogP contribution is 2.58. The Morgan fingerprint density at radius 2 is 1.39 bits per heavy atom. The van der Waals surface area contributed by atoms with Crippen LogP contribution in [0.2, 0.25) is 0 Å². The molecule has 1 aliphatic carbocycles. The van der Waals surface area contributed by atoms with Gasteiger partial charge in [-0.05, 0) is 17.5 Å². The summed E-state index contributed by atoms with van der Waals surface area (Å²) in [6, 6.07) is 21.4. The SMILES string of the molecule is [Si]C#CC1CC1(c1ccccc1)c1ccccc1. The molecule has 1 saturated carbocycles. The summed E-state index contributed by atoms with van der Waals surface area (Å²) in [5.74, 6) is 3.69. The summed E-state index contributed by atoms with van der Waals surface area (Å²) < 4.78 is 0. The van der Waals surface area contributed by atoms with Gasteiger partial charge in [0, 0.05) is 11.3 Å². The van der Waals surface area contributed by atoms with Gasteiger partial charge in [-0.1, -0.05) is 60.7 Å². The van der Waals surface area contributed by atoms with E-state index in [9.17, 15) is 0 Å². The molecule has 0 N–H and O–H groups in total. The van der Waals surface area contributed by atoms with Crippen molar-refractivity contribution >= 4 is 10.2 Å². The molecule has 1 unspecified atom stereocenters. The second-order valence-electron chi connectivity index (χ2n) is 4.73. The van der Waals surface area contributed by atoms with Gasteiger partial charge < -0.3 is 0 Å². The maximum atomic E-state index is 3.27. The molecule has 0 aliphatic heterocycles. The molecule has 0 amide bonds. The second kappa shape index (κ2) is 4.47. The van der Waals surface area contributed by atoms with Crippen molar-refractivity contribution < 1.29 is 0 Å². The lowest BCUT2D eigenvalue weighted by Gasteiger charge is -2.17. The van der Waals surface area contributed by atoms with E-state index in [2.05, 4.69) is 82.4 Å². The lowest BCUT2D eigenvalue weighted by Crippen LogP contribution is -2.11. The third kappa shape index (κ3) is 1.70. The van der Waals surface area contributed by atoms with Gasteiger partial charge in [0.15, 0.2) is 0 Å². The molecule has 0 heterocycles. The van der Waals surface area contributed by atoms with Crippen LogP contribution >= 0.6 is 0 Å². The van der Waals surface area contributed by atoms with Crippen LogP contribution in [0, 0.1) is 17.4 Å². The van der Waals surface area contributed by atoms with E-state index in [4.69, 9.17) is 0 Å². The van der Waals surface area contributed by atoms with Crippen LogP contribution in [0.5, 0.6) is 0 Å². The molecule has 2 aromatic carbocycles. The Bertz CT molecular complexity index is 550. The Kier molecular flexibility index (Phi) is 2.81. The number of benzene rings is 2. The summed E-state index contributed by atoms with van der Waals surface area (Å²) in [5.41, 5.74) is 5.72. The molecule has 0 nitrogen and oxygen atoms in total. The van der Waals surface area contributed by atoms with Crippen LogP contribution < -0.4 is 0 Å². The zero-order valence-electron chi connectivity index (χ0n) is 10.1. The first kappa shape index (κ1) is 11.3. The minimum absolute atomic E-state index is 0.0994. The highest BCUT2D eigenvalue weighted by atomic mass is 28.1. The molecule has 1 fully saturated rings. The lowest BCUT2D eigenvalue weighted by atomic mass is 9.86. The van der Waals surface area contributed by atoms with Gasteiger partial charge in [-0.15, -0.1) is 11.5 Å². The van der Waals surface area contributed by atoms with Crippen LogP contribution in [0.25, 0.3) is 0 Å². The maximum Gasteiger partial charge on any atom is 0.147 e. The Morgan fingerprint density at radius 1 is 0.889 bits per heavy atom. The van der Waals surface area contributed by atoms with Crippen LogP contribution in [0.3, 0.4) is 0 Å². The van der Waals surface area contributed by atoms with E-state index in [0.29, 0.717) is 5.92 Å². The molecule has 0 aromatic heterocycles. The van der Waals surface area contributed by atoms with Gasteiger partial charge in [-0.25, -0.2) is 0 Å². The quantitative estimate of drug-likeness (QED) is 0.563. The van der Waals surface area contributed by atoms with Gasteiger partial charge in [0.05, 0.1) is 0 Å². The zero-order valence-corrected chi connectivity index (χ0v) is 11.1. The predicted molar refractivity (Wildman–Crippen MR) is 75.3 cm³/mol. The fourth-order valence-corrected chi connectivity index (χ4v) is 2.97. The molecular weight excluding hydrogens is 232 g/mol. The van der Waals surface area contributed by atoms with Crippen molar-refractivity contribution in [1.82, 2.24) is 0 Å². The van der Waals surface area contributed by atoms with Gasteiger partial charge in [-0.3, -0.25) is 0 Å². The molecule has 18 heavy (non-hydrogen) atoms. The summed E-state index contributed by atoms with van der Waals surface area (Å²) >= 11 is 0. The number of rotatable bonds is 2. The third-order valence-corrected chi connectivity index (χ3v) is 3.93. The molecule has 3 rings (SSSR count). The largest absolute Gasteiger partial charge is 0.147 e. The fourth-order valence-electron chi connectivity index (χ4n) is 2.80. The molecule has 1 atom stereocenters. The van der Waals surface area contributed by atoms with Crippen molar-refractivity contribution in [2.45, 2.75) is 11.8 Å². The Hall–Kier alpha value is -1.78. The predicted octanol–water partition coefficient (Wildman–Crippen LogP) is 3.12. The van der Waals surface area contributed by atoms with E-state index in [-0.39, 0.29) is 5.41 Å². The summed E-state index contributed by atoms with van der Waals surface area (Å²) in [5, 5.41) is 0. The Labute approximate surface area is 111 Å². The highest BCUT2D eigenvalue weighted by Gasteiger charge is 2.55. The van der Waals surface area contributed by atoms with Crippen molar-refractivity contribution in [2.24, 2.45) is 5.92 Å². The van der Waals surface area contributed by atoms with Crippen molar-refractivity contribution in [3.8, 4) is 11.5 Å². The van der Waals surface area contributed by atoms with E-state index >= 15 is 0 Å². The smallest absolute Gasteiger partial charge is 0.138 e. The standard InChI is InChI=1S/C17H13Si/c18-12-11-16-13-17(16,14-7-3-1-4-8-14)15-9-5-2-6-10-15/h1-10,16H,13H2. The zero-order chi connectivity index (χ0) is 12.4. The van der Waals surface area contributed by atoms with Crippen LogP contribution in [0.1, 0.15) is 17.5 Å². The van der Waals surface area contributed by atoms with Gasteiger partial charge in [-0.2, -0.15) is 0 Å². The Morgan fingerprint density at radius 3 is 1.83 bits per heavy atom. The summed E-state index contributed by atoms with van der Waals surface area (Å²) in [7, 11) is 3.27. The topological polar surface area (TPSA) is 0 Å². The van der Waals surface area contributed by atoms with E-state index in [0.717, 1.165) is 6.42 Å². The molecule has 1 aliphatic rings. The molecule has 85 valence electrons. The van der Waals surface area contributed by atoms with E-state index in [1.165, 1.54) is 11.1 Å². The van der Waals surface area contributed by atoms with Crippen LogP contribution in [0.4, 0.5) is 0 Å². The normalized spacial score (nSPS) is 19.7. The summed E-state index contributed by atoms with van der Waals surface area (Å²) in [4.78, 5) is 0. The first-order valence-corrected chi connectivity index (χ1v) is 6.66. The van der Waals surface area contributed by atoms with Gasteiger partial charge in [0.2, 0.25) is 0 Å². The molecule has 2 aromatic rings. The van der Waals surface area contributed by atoms with Crippen molar-refractivity contribution in [3.63, 3.8) is 0 Å².